The highest BCUT2D eigenvalue weighted by atomic mass is 16.2. The molecule has 2 aliphatic carbocycles. The van der Waals surface area contributed by atoms with Crippen molar-refractivity contribution in [2.45, 2.75) is 82.1 Å². The zero-order valence-electron chi connectivity index (χ0n) is 15.6. The van der Waals surface area contributed by atoms with Crippen LogP contribution in [0.4, 0.5) is 0 Å². The third kappa shape index (κ3) is 3.49. The molecule has 0 aromatic carbocycles. The fraction of sp³-hybridized carbons (Fsp3) is 0.800. The topological polar surface area (TPSA) is 74.8 Å². The fourth-order valence-corrected chi connectivity index (χ4v) is 4.68. The molecule has 6 nitrogen and oxygen atoms in total. The Balaban J connectivity index is 1.53. The standard InChI is InChI=1S/C20H29N5O/c21-15-20(9-10-20)25-14-18(22-23-25)17(16-7-3-1-4-8-16)13-19(26)24-11-5-2-6-12-24/h14,16-17H,1-13H2/t17-/m0/s1. The van der Waals surface area contributed by atoms with Crippen molar-refractivity contribution < 1.29 is 4.79 Å². The number of nitriles is 1. The molecule has 1 atom stereocenters. The molecule has 140 valence electrons. The van der Waals surface area contributed by atoms with Crippen LogP contribution in [-0.2, 0) is 10.3 Å². The highest BCUT2D eigenvalue weighted by molar-refractivity contribution is 5.77. The van der Waals surface area contributed by atoms with Gasteiger partial charge in [-0.1, -0.05) is 24.5 Å². The lowest BCUT2D eigenvalue weighted by atomic mass is 9.77. The number of hydrogen-bond acceptors (Lipinski definition) is 4. The number of nitrogens with zero attached hydrogens (tertiary/aromatic N) is 5. The second kappa shape index (κ2) is 7.38. The number of aromatic nitrogens is 3. The smallest absolute Gasteiger partial charge is 0.223 e. The van der Waals surface area contributed by atoms with Gasteiger partial charge in [0.25, 0.3) is 0 Å². The Morgan fingerprint density at radius 3 is 2.54 bits per heavy atom. The zero-order valence-corrected chi connectivity index (χ0v) is 15.6. The van der Waals surface area contributed by atoms with Crippen LogP contribution in [0.5, 0.6) is 0 Å². The van der Waals surface area contributed by atoms with E-state index in [0.29, 0.717) is 12.3 Å². The second-order valence-electron chi connectivity index (χ2n) is 8.38. The van der Waals surface area contributed by atoms with Crippen LogP contribution in [0, 0.1) is 17.2 Å². The van der Waals surface area contributed by atoms with Gasteiger partial charge >= 0.3 is 0 Å². The van der Waals surface area contributed by atoms with E-state index in [2.05, 4.69) is 16.4 Å². The van der Waals surface area contributed by atoms with Gasteiger partial charge in [-0.2, -0.15) is 5.26 Å². The molecule has 0 N–H and O–H groups in total. The van der Waals surface area contributed by atoms with Gasteiger partial charge in [0.2, 0.25) is 5.91 Å². The van der Waals surface area contributed by atoms with Crippen LogP contribution in [0.1, 0.15) is 82.2 Å². The second-order valence-corrected chi connectivity index (χ2v) is 8.38. The maximum Gasteiger partial charge on any atom is 0.223 e. The normalized spacial score (nSPS) is 24.0. The van der Waals surface area contributed by atoms with Crippen molar-refractivity contribution in [2.24, 2.45) is 5.92 Å². The molecule has 1 saturated heterocycles. The predicted octanol–water partition coefficient (Wildman–Crippen LogP) is 3.36. The first-order valence-corrected chi connectivity index (χ1v) is 10.3. The summed E-state index contributed by atoms with van der Waals surface area (Å²) >= 11 is 0. The summed E-state index contributed by atoms with van der Waals surface area (Å²) in [4.78, 5) is 15.0. The molecular weight excluding hydrogens is 326 g/mol. The Morgan fingerprint density at radius 2 is 1.88 bits per heavy atom. The van der Waals surface area contributed by atoms with Crippen LogP contribution in [0.15, 0.2) is 6.20 Å². The third-order valence-electron chi connectivity index (χ3n) is 6.58. The molecule has 4 rings (SSSR count). The first kappa shape index (κ1) is 17.5. The van der Waals surface area contributed by atoms with E-state index in [1.54, 1.807) is 4.68 Å². The lowest BCUT2D eigenvalue weighted by Crippen LogP contribution is -2.37. The average Bonchev–Trinajstić information content (AvgIpc) is 3.36. The van der Waals surface area contributed by atoms with Crippen molar-refractivity contribution in [1.82, 2.24) is 19.9 Å². The molecule has 0 bridgehead atoms. The quantitative estimate of drug-likeness (QED) is 0.812. The molecule has 0 spiro atoms. The summed E-state index contributed by atoms with van der Waals surface area (Å²) < 4.78 is 1.75. The van der Waals surface area contributed by atoms with E-state index in [-0.39, 0.29) is 11.8 Å². The van der Waals surface area contributed by atoms with E-state index in [9.17, 15) is 10.1 Å². The molecule has 1 amide bonds. The van der Waals surface area contributed by atoms with Gasteiger partial charge in [0.15, 0.2) is 5.54 Å². The zero-order chi connectivity index (χ0) is 18.0. The van der Waals surface area contributed by atoms with E-state index in [4.69, 9.17) is 0 Å². The summed E-state index contributed by atoms with van der Waals surface area (Å²) in [7, 11) is 0. The van der Waals surface area contributed by atoms with Crippen molar-refractivity contribution in [1.29, 1.82) is 5.26 Å². The fourth-order valence-electron chi connectivity index (χ4n) is 4.68. The minimum Gasteiger partial charge on any atom is -0.343 e. The maximum atomic E-state index is 12.9. The molecular formula is C20H29N5O. The van der Waals surface area contributed by atoms with Crippen LogP contribution < -0.4 is 0 Å². The predicted molar refractivity (Wildman–Crippen MR) is 97.2 cm³/mol. The van der Waals surface area contributed by atoms with E-state index in [1.165, 1.54) is 38.5 Å². The summed E-state index contributed by atoms with van der Waals surface area (Å²) in [6.07, 6.45) is 13.8. The van der Waals surface area contributed by atoms with Crippen molar-refractivity contribution in [3.05, 3.63) is 11.9 Å². The molecule has 3 fully saturated rings. The molecule has 1 aromatic heterocycles. The average molecular weight is 355 g/mol. The Kier molecular flexibility index (Phi) is 4.97. The van der Waals surface area contributed by atoms with Crippen molar-refractivity contribution >= 4 is 5.91 Å². The lowest BCUT2D eigenvalue weighted by Gasteiger charge is -2.32. The highest BCUT2D eigenvalue weighted by Crippen LogP contribution is 2.43. The highest BCUT2D eigenvalue weighted by Gasteiger charge is 2.47. The van der Waals surface area contributed by atoms with Crippen LogP contribution >= 0.6 is 0 Å². The molecule has 2 saturated carbocycles. The Bertz CT molecular complexity index is 675. The number of carbonyl (C=O) groups is 1. The summed E-state index contributed by atoms with van der Waals surface area (Å²) in [6.45, 7) is 1.81. The number of carbonyl (C=O) groups excluding carboxylic acids is 1. The van der Waals surface area contributed by atoms with Gasteiger partial charge in [-0.25, -0.2) is 4.68 Å². The lowest BCUT2D eigenvalue weighted by molar-refractivity contribution is -0.132. The summed E-state index contributed by atoms with van der Waals surface area (Å²) in [5.41, 5.74) is 0.447. The number of likely N-dealkylation sites (tertiary alicyclic amines) is 1. The van der Waals surface area contributed by atoms with Gasteiger partial charge in [-0.05, 0) is 50.9 Å². The first-order chi connectivity index (χ1) is 12.7. The minimum atomic E-state index is -0.473. The molecule has 0 unspecified atom stereocenters. The van der Waals surface area contributed by atoms with E-state index >= 15 is 0 Å². The van der Waals surface area contributed by atoms with Gasteiger partial charge < -0.3 is 4.90 Å². The third-order valence-corrected chi connectivity index (χ3v) is 6.58. The van der Waals surface area contributed by atoms with Crippen LogP contribution in [0.25, 0.3) is 0 Å². The molecule has 3 aliphatic rings. The number of piperidine rings is 1. The summed E-state index contributed by atoms with van der Waals surface area (Å²) in [6, 6.07) is 2.38. The number of rotatable bonds is 5. The van der Waals surface area contributed by atoms with Gasteiger partial charge in [0.1, 0.15) is 0 Å². The van der Waals surface area contributed by atoms with Gasteiger partial charge in [0.05, 0.1) is 18.0 Å². The van der Waals surface area contributed by atoms with Crippen molar-refractivity contribution in [2.75, 3.05) is 13.1 Å². The van der Waals surface area contributed by atoms with Gasteiger partial charge in [0, 0.05) is 25.4 Å². The SMILES string of the molecule is N#CC1(n2cc([C@@H](CC(=O)N3CCCCC3)C3CCCCC3)nn2)CC1. The summed E-state index contributed by atoms with van der Waals surface area (Å²) in [5, 5.41) is 18.1. The van der Waals surface area contributed by atoms with Crippen molar-refractivity contribution in [3.63, 3.8) is 0 Å². The van der Waals surface area contributed by atoms with E-state index in [0.717, 1.165) is 44.5 Å². The van der Waals surface area contributed by atoms with Gasteiger partial charge in [-0.15, -0.1) is 5.10 Å². The largest absolute Gasteiger partial charge is 0.343 e. The van der Waals surface area contributed by atoms with E-state index in [1.807, 2.05) is 11.1 Å². The molecule has 2 heterocycles. The van der Waals surface area contributed by atoms with Crippen LogP contribution in [-0.4, -0.2) is 38.9 Å². The molecule has 0 radical (unpaired) electrons. The van der Waals surface area contributed by atoms with Crippen LogP contribution in [0.3, 0.4) is 0 Å². The molecule has 1 aliphatic heterocycles. The Hall–Kier alpha value is -1.90. The molecule has 26 heavy (non-hydrogen) atoms. The number of amides is 1. The van der Waals surface area contributed by atoms with Crippen molar-refractivity contribution in [3.8, 4) is 6.07 Å². The first-order valence-electron chi connectivity index (χ1n) is 10.3. The molecule has 6 heteroatoms. The van der Waals surface area contributed by atoms with Crippen LogP contribution in [0.2, 0.25) is 0 Å². The number of hydrogen-bond donors (Lipinski definition) is 0. The Morgan fingerprint density at radius 1 is 1.19 bits per heavy atom. The van der Waals surface area contributed by atoms with Gasteiger partial charge in [-0.3, -0.25) is 4.79 Å². The Labute approximate surface area is 155 Å². The minimum absolute atomic E-state index is 0.146. The molecule has 1 aromatic rings. The summed E-state index contributed by atoms with van der Waals surface area (Å²) in [5.74, 6) is 0.934. The maximum absolute atomic E-state index is 12.9. The monoisotopic (exact) mass is 355 g/mol. The van der Waals surface area contributed by atoms with E-state index < -0.39 is 5.54 Å².